The van der Waals surface area contributed by atoms with Gasteiger partial charge in [0.1, 0.15) is 5.69 Å². The minimum absolute atomic E-state index is 0.0114. The highest BCUT2D eigenvalue weighted by molar-refractivity contribution is 5.92. The molecule has 144 valence electrons. The normalized spacial score (nSPS) is 24.2. The Morgan fingerprint density at radius 1 is 1.26 bits per heavy atom. The Morgan fingerprint density at radius 3 is 2.78 bits per heavy atom. The van der Waals surface area contributed by atoms with Crippen LogP contribution in [0, 0.1) is 5.92 Å². The van der Waals surface area contributed by atoms with Crippen molar-refractivity contribution in [3.05, 3.63) is 42.0 Å². The Hall–Kier alpha value is -2.61. The van der Waals surface area contributed by atoms with Crippen molar-refractivity contribution >= 4 is 11.8 Å². The topological polar surface area (TPSA) is 81.4 Å². The lowest BCUT2D eigenvalue weighted by molar-refractivity contribution is -0.130. The fraction of sp³-hybridized carbons (Fsp3) is 0.526. The number of rotatable bonds is 5. The fourth-order valence-corrected chi connectivity index (χ4v) is 4.02. The number of hydrogen-bond acceptors (Lipinski definition) is 4. The second kappa shape index (κ2) is 7.19. The van der Waals surface area contributed by atoms with Crippen LogP contribution in [0.2, 0.25) is 0 Å². The molecule has 2 saturated heterocycles. The Kier molecular flexibility index (Phi) is 4.73. The number of likely N-dealkylation sites (tertiary alicyclic amines) is 1. The van der Waals surface area contributed by atoms with Crippen LogP contribution in [0.3, 0.4) is 0 Å². The van der Waals surface area contributed by atoms with Gasteiger partial charge < -0.3 is 19.5 Å². The van der Waals surface area contributed by atoms with Gasteiger partial charge in [-0.3, -0.25) is 14.3 Å². The Balaban J connectivity index is 1.24. The summed E-state index contributed by atoms with van der Waals surface area (Å²) >= 11 is 0. The molecule has 1 N–H and O–H groups in total. The van der Waals surface area contributed by atoms with Crippen molar-refractivity contribution in [1.82, 2.24) is 24.6 Å². The monoisotopic (exact) mass is 371 g/mol. The number of nitrogens with zero attached hydrogens (tertiary/aromatic N) is 4. The Labute approximate surface area is 158 Å². The van der Waals surface area contributed by atoms with Crippen molar-refractivity contribution in [2.45, 2.75) is 25.0 Å². The van der Waals surface area contributed by atoms with Crippen LogP contribution in [0.1, 0.15) is 22.6 Å². The van der Waals surface area contributed by atoms with E-state index in [9.17, 15) is 9.59 Å². The molecule has 8 heteroatoms. The SMILES string of the molecule is Cn1ccc(CC(=O)N2C[C@H]3C[C@H](CNC(=O)c4cccn4C)O[C@H]3C2)n1. The van der Waals surface area contributed by atoms with Gasteiger partial charge in [-0.2, -0.15) is 5.10 Å². The molecule has 0 unspecified atom stereocenters. The average Bonchev–Trinajstić information content (AvgIpc) is 3.37. The number of hydrogen-bond donors (Lipinski definition) is 1. The van der Waals surface area contributed by atoms with Gasteiger partial charge in [-0.1, -0.05) is 0 Å². The number of aryl methyl sites for hydroxylation is 2. The third kappa shape index (κ3) is 3.75. The molecule has 0 radical (unpaired) electrons. The van der Waals surface area contributed by atoms with Gasteiger partial charge >= 0.3 is 0 Å². The lowest BCUT2D eigenvalue weighted by atomic mass is 10.0. The summed E-state index contributed by atoms with van der Waals surface area (Å²) in [5.74, 6) is 0.352. The van der Waals surface area contributed by atoms with Gasteiger partial charge in [-0.05, 0) is 24.6 Å². The Morgan fingerprint density at radius 2 is 2.11 bits per heavy atom. The van der Waals surface area contributed by atoms with Gasteiger partial charge in [-0.15, -0.1) is 0 Å². The van der Waals surface area contributed by atoms with E-state index in [0.29, 0.717) is 31.1 Å². The number of carbonyl (C=O) groups is 2. The molecule has 2 aromatic heterocycles. The van der Waals surface area contributed by atoms with Crippen LogP contribution in [0.25, 0.3) is 0 Å². The predicted molar refractivity (Wildman–Crippen MR) is 98.0 cm³/mol. The summed E-state index contributed by atoms with van der Waals surface area (Å²) in [6.07, 6.45) is 4.97. The maximum atomic E-state index is 12.5. The standard InChI is InChI=1S/C19H25N5O3/c1-22-6-3-4-16(22)19(26)20-10-15-8-13-11-24(12-17(13)27-15)18(25)9-14-5-7-23(2)21-14/h3-7,13,15,17H,8-12H2,1-2H3,(H,20,26)/t13-,15-,17+/m1/s1. The highest BCUT2D eigenvalue weighted by atomic mass is 16.5. The second-order valence-electron chi connectivity index (χ2n) is 7.46. The van der Waals surface area contributed by atoms with Gasteiger partial charge in [0, 0.05) is 52.0 Å². The predicted octanol–water partition coefficient (Wildman–Crippen LogP) is 0.347. The van der Waals surface area contributed by atoms with Crippen molar-refractivity contribution in [1.29, 1.82) is 0 Å². The number of fused-ring (bicyclic) bond motifs is 1. The molecule has 3 atom stereocenters. The number of ether oxygens (including phenoxy) is 1. The van der Waals surface area contributed by atoms with Crippen molar-refractivity contribution in [2.24, 2.45) is 20.0 Å². The zero-order chi connectivity index (χ0) is 19.0. The van der Waals surface area contributed by atoms with Crippen LogP contribution < -0.4 is 5.32 Å². The molecule has 2 aliphatic heterocycles. The van der Waals surface area contributed by atoms with Crippen LogP contribution in [0.15, 0.2) is 30.6 Å². The van der Waals surface area contributed by atoms with E-state index in [2.05, 4.69) is 10.4 Å². The quantitative estimate of drug-likeness (QED) is 0.822. The van der Waals surface area contributed by atoms with E-state index in [-0.39, 0.29) is 24.0 Å². The van der Waals surface area contributed by atoms with E-state index in [4.69, 9.17) is 4.74 Å². The van der Waals surface area contributed by atoms with E-state index in [1.807, 2.05) is 43.5 Å². The summed E-state index contributed by atoms with van der Waals surface area (Å²) in [5.41, 5.74) is 1.43. The first kappa shape index (κ1) is 17.8. The van der Waals surface area contributed by atoms with Gasteiger partial charge in [0.15, 0.2) is 0 Å². The molecule has 2 aliphatic rings. The van der Waals surface area contributed by atoms with Gasteiger partial charge in [0.25, 0.3) is 5.91 Å². The van der Waals surface area contributed by atoms with Crippen LogP contribution >= 0.6 is 0 Å². The molecule has 27 heavy (non-hydrogen) atoms. The zero-order valence-electron chi connectivity index (χ0n) is 15.7. The smallest absolute Gasteiger partial charge is 0.267 e. The van der Waals surface area contributed by atoms with Gasteiger partial charge in [0.2, 0.25) is 5.91 Å². The number of carbonyl (C=O) groups excluding carboxylic acids is 2. The highest BCUT2D eigenvalue weighted by Crippen LogP contribution is 2.33. The first-order valence-corrected chi connectivity index (χ1v) is 9.31. The van der Waals surface area contributed by atoms with Gasteiger partial charge in [0.05, 0.1) is 24.3 Å². The molecule has 2 fully saturated rings. The summed E-state index contributed by atoms with van der Waals surface area (Å²) in [6, 6.07) is 5.52. The van der Waals surface area contributed by atoms with Crippen LogP contribution in [0.4, 0.5) is 0 Å². The average molecular weight is 371 g/mol. The van der Waals surface area contributed by atoms with Crippen molar-refractivity contribution in [3.63, 3.8) is 0 Å². The van der Waals surface area contributed by atoms with Crippen LogP contribution in [-0.4, -0.2) is 62.9 Å². The van der Waals surface area contributed by atoms with E-state index in [1.54, 1.807) is 15.3 Å². The van der Waals surface area contributed by atoms with Crippen molar-refractivity contribution in [2.75, 3.05) is 19.6 Å². The van der Waals surface area contributed by atoms with Crippen LogP contribution in [0.5, 0.6) is 0 Å². The molecule has 4 rings (SSSR count). The second-order valence-corrected chi connectivity index (χ2v) is 7.46. The summed E-state index contributed by atoms with van der Waals surface area (Å²) < 4.78 is 9.59. The van der Waals surface area contributed by atoms with E-state index >= 15 is 0 Å². The summed E-state index contributed by atoms with van der Waals surface area (Å²) in [4.78, 5) is 26.6. The molecule has 2 amide bonds. The summed E-state index contributed by atoms with van der Waals surface area (Å²) in [5, 5.41) is 7.22. The lowest BCUT2D eigenvalue weighted by Crippen LogP contribution is -2.36. The van der Waals surface area contributed by atoms with Crippen molar-refractivity contribution in [3.8, 4) is 0 Å². The number of amides is 2. The molecule has 0 saturated carbocycles. The molecule has 0 aromatic carbocycles. The largest absolute Gasteiger partial charge is 0.371 e. The minimum Gasteiger partial charge on any atom is -0.371 e. The van der Waals surface area contributed by atoms with E-state index < -0.39 is 0 Å². The first-order chi connectivity index (χ1) is 13.0. The number of aromatic nitrogens is 3. The summed E-state index contributed by atoms with van der Waals surface area (Å²) in [6.45, 7) is 1.84. The van der Waals surface area contributed by atoms with E-state index in [1.165, 1.54) is 0 Å². The fourth-order valence-electron chi connectivity index (χ4n) is 4.02. The lowest BCUT2D eigenvalue weighted by Gasteiger charge is -2.19. The molecule has 0 spiro atoms. The molecular weight excluding hydrogens is 346 g/mol. The third-order valence-electron chi connectivity index (χ3n) is 5.43. The summed E-state index contributed by atoms with van der Waals surface area (Å²) in [7, 11) is 3.70. The number of nitrogens with one attached hydrogen (secondary N) is 1. The van der Waals surface area contributed by atoms with Gasteiger partial charge in [-0.25, -0.2) is 0 Å². The minimum atomic E-state index is -0.0877. The molecule has 8 nitrogen and oxygen atoms in total. The maximum Gasteiger partial charge on any atom is 0.267 e. The van der Waals surface area contributed by atoms with E-state index in [0.717, 1.165) is 18.7 Å². The first-order valence-electron chi connectivity index (χ1n) is 9.31. The van der Waals surface area contributed by atoms with Crippen LogP contribution in [-0.2, 0) is 30.0 Å². The molecule has 4 heterocycles. The van der Waals surface area contributed by atoms with Crippen molar-refractivity contribution < 1.29 is 14.3 Å². The Bertz CT molecular complexity index is 828. The molecule has 2 aromatic rings. The molecule has 0 bridgehead atoms. The maximum absolute atomic E-state index is 12.5. The zero-order valence-corrected chi connectivity index (χ0v) is 15.7. The third-order valence-corrected chi connectivity index (χ3v) is 5.43. The molecular formula is C19H25N5O3. The molecule has 0 aliphatic carbocycles. The highest BCUT2D eigenvalue weighted by Gasteiger charge is 2.43.